The molecule has 3 rings (SSSR count). The first kappa shape index (κ1) is 13.2. The Balaban J connectivity index is 2.31. The molecule has 0 spiro atoms. The van der Waals surface area contributed by atoms with E-state index in [9.17, 15) is 4.79 Å². The largest absolute Gasteiger partial charge is 0.497 e. The topological polar surface area (TPSA) is 31.2 Å². The van der Waals surface area contributed by atoms with Gasteiger partial charge in [0.1, 0.15) is 5.75 Å². The Labute approximate surface area is 119 Å². The zero-order chi connectivity index (χ0) is 14.5. The zero-order valence-corrected chi connectivity index (χ0v) is 12.6. The lowest BCUT2D eigenvalue weighted by Crippen LogP contribution is -2.21. The van der Waals surface area contributed by atoms with Gasteiger partial charge in [-0.15, -0.1) is 0 Å². The van der Waals surface area contributed by atoms with Gasteiger partial charge in [-0.25, -0.2) is 0 Å². The van der Waals surface area contributed by atoms with Gasteiger partial charge < -0.3 is 9.30 Å². The SMILES string of the molecule is COc1ccc2c(c1)c(C(=O)C(C)(C)C)c1n2CCC1. The van der Waals surface area contributed by atoms with Gasteiger partial charge in [0.05, 0.1) is 7.11 Å². The molecule has 0 saturated carbocycles. The van der Waals surface area contributed by atoms with Crippen LogP contribution in [0.2, 0.25) is 0 Å². The van der Waals surface area contributed by atoms with Gasteiger partial charge >= 0.3 is 0 Å². The summed E-state index contributed by atoms with van der Waals surface area (Å²) in [4.78, 5) is 12.8. The van der Waals surface area contributed by atoms with Crippen molar-refractivity contribution < 1.29 is 9.53 Å². The van der Waals surface area contributed by atoms with Crippen LogP contribution in [0.15, 0.2) is 18.2 Å². The van der Waals surface area contributed by atoms with Crippen LogP contribution in [0.4, 0.5) is 0 Å². The molecule has 106 valence electrons. The number of nitrogens with zero attached hydrogens (tertiary/aromatic N) is 1. The van der Waals surface area contributed by atoms with Gasteiger partial charge in [-0.05, 0) is 31.0 Å². The molecule has 1 aliphatic rings. The van der Waals surface area contributed by atoms with Gasteiger partial charge in [0, 0.05) is 34.1 Å². The molecule has 0 unspecified atom stereocenters. The Hall–Kier alpha value is -1.77. The Morgan fingerprint density at radius 3 is 2.70 bits per heavy atom. The molecule has 3 nitrogen and oxygen atoms in total. The van der Waals surface area contributed by atoms with Crippen LogP contribution in [-0.4, -0.2) is 17.5 Å². The van der Waals surface area contributed by atoms with Crippen LogP contribution >= 0.6 is 0 Å². The van der Waals surface area contributed by atoms with Crippen LogP contribution in [0.3, 0.4) is 0 Å². The van der Waals surface area contributed by atoms with Gasteiger partial charge in [0.15, 0.2) is 5.78 Å². The number of methoxy groups -OCH3 is 1. The van der Waals surface area contributed by atoms with Crippen LogP contribution in [-0.2, 0) is 13.0 Å². The first-order valence-electron chi connectivity index (χ1n) is 7.17. The number of fused-ring (bicyclic) bond motifs is 3. The van der Waals surface area contributed by atoms with Gasteiger partial charge in [-0.1, -0.05) is 20.8 Å². The summed E-state index contributed by atoms with van der Waals surface area (Å²) in [6.45, 7) is 6.97. The molecule has 0 atom stereocenters. The van der Waals surface area contributed by atoms with Crippen LogP contribution in [0.1, 0.15) is 43.2 Å². The summed E-state index contributed by atoms with van der Waals surface area (Å²) in [6, 6.07) is 6.04. The number of hydrogen-bond acceptors (Lipinski definition) is 2. The average Bonchev–Trinajstić information content (AvgIpc) is 2.96. The fraction of sp³-hybridized carbons (Fsp3) is 0.471. The third kappa shape index (κ3) is 1.84. The van der Waals surface area contributed by atoms with Crippen LogP contribution < -0.4 is 4.74 Å². The quantitative estimate of drug-likeness (QED) is 0.777. The highest BCUT2D eigenvalue weighted by molar-refractivity contribution is 6.12. The second-order valence-electron chi connectivity index (χ2n) is 6.54. The summed E-state index contributed by atoms with van der Waals surface area (Å²) < 4.78 is 7.62. The van der Waals surface area contributed by atoms with E-state index >= 15 is 0 Å². The Bertz CT molecular complexity index is 689. The Morgan fingerprint density at radius 1 is 1.30 bits per heavy atom. The molecule has 2 aromatic rings. The number of ketones is 1. The van der Waals surface area contributed by atoms with E-state index in [0.717, 1.165) is 41.6 Å². The van der Waals surface area contributed by atoms with Crippen molar-refractivity contribution in [3.8, 4) is 5.75 Å². The van der Waals surface area contributed by atoms with E-state index in [1.807, 2.05) is 32.9 Å². The van der Waals surface area contributed by atoms with Crippen molar-refractivity contribution in [1.29, 1.82) is 0 Å². The second-order valence-corrected chi connectivity index (χ2v) is 6.54. The lowest BCUT2D eigenvalue weighted by Gasteiger charge is -2.17. The number of ether oxygens (including phenoxy) is 1. The van der Waals surface area contributed by atoms with Crippen LogP contribution in [0.25, 0.3) is 10.9 Å². The van der Waals surface area contributed by atoms with Crippen LogP contribution in [0, 0.1) is 5.41 Å². The molecule has 0 fully saturated rings. The molecule has 0 amide bonds. The fourth-order valence-electron chi connectivity index (χ4n) is 3.06. The predicted molar refractivity (Wildman–Crippen MR) is 80.6 cm³/mol. The number of benzene rings is 1. The highest BCUT2D eigenvalue weighted by Gasteiger charge is 2.31. The van der Waals surface area contributed by atoms with Gasteiger partial charge in [-0.2, -0.15) is 0 Å². The lowest BCUT2D eigenvalue weighted by atomic mass is 9.85. The predicted octanol–water partition coefficient (Wildman–Crippen LogP) is 3.82. The minimum absolute atomic E-state index is 0.228. The van der Waals surface area contributed by atoms with Crippen molar-refractivity contribution in [1.82, 2.24) is 4.57 Å². The third-order valence-corrected chi connectivity index (χ3v) is 4.08. The summed E-state index contributed by atoms with van der Waals surface area (Å²) in [5.74, 6) is 1.04. The average molecular weight is 271 g/mol. The van der Waals surface area contributed by atoms with Gasteiger partial charge in [0.25, 0.3) is 0 Å². The van der Waals surface area contributed by atoms with E-state index in [1.165, 1.54) is 5.69 Å². The van der Waals surface area contributed by atoms with E-state index in [2.05, 4.69) is 10.6 Å². The molecule has 0 bridgehead atoms. The summed E-state index contributed by atoms with van der Waals surface area (Å²) in [5, 5.41) is 1.04. The monoisotopic (exact) mass is 271 g/mol. The maximum Gasteiger partial charge on any atom is 0.170 e. The van der Waals surface area contributed by atoms with E-state index in [1.54, 1.807) is 7.11 Å². The normalized spacial score (nSPS) is 14.6. The Kier molecular flexibility index (Phi) is 2.89. The number of carbonyl (C=O) groups is 1. The molecule has 3 heteroatoms. The minimum atomic E-state index is -0.360. The van der Waals surface area contributed by atoms with Crippen molar-refractivity contribution in [2.75, 3.05) is 7.11 Å². The highest BCUT2D eigenvalue weighted by Crippen LogP contribution is 2.37. The molecule has 0 N–H and O–H groups in total. The molecule has 1 aromatic carbocycles. The summed E-state index contributed by atoms with van der Waals surface area (Å²) in [7, 11) is 1.66. The molecule has 0 saturated heterocycles. The molecule has 1 aromatic heterocycles. The number of aryl methyl sites for hydroxylation is 1. The first-order valence-corrected chi connectivity index (χ1v) is 7.17. The third-order valence-electron chi connectivity index (χ3n) is 4.08. The molecule has 1 aliphatic heterocycles. The minimum Gasteiger partial charge on any atom is -0.497 e. The maximum absolute atomic E-state index is 12.8. The smallest absolute Gasteiger partial charge is 0.170 e. The number of hydrogen-bond donors (Lipinski definition) is 0. The van der Waals surface area contributed by atoms with Gasteiger partial charge in [0.2, 0.25) is 0 Å². The van der Waals surface area contributed by atoms with E-state index in [0.29, 0.717) is 0 Å². The van der Waals surface area contributed by atoms with Crippen molar-refractivity contribution in [2.24, 2.45) is 5.41 Å². The molecule has 0 aliphatic carbocycles. The number of Topliss-reactive ketones (excluding diaryl/α,β-unsaturated/α-hetero) is 1. The number of aromatic nitrogens is 1. The summed E-state index contributed by atoms with van der Waals surface area (Å²) in [5.41, 5.74) is 2.91. The Morgan fingerprint density at radius 2 is 2.05 bits per heavy atom. The lowest BCUT2D eigenvalue weighted by molar-refractivity contribution is 0.0859. The molecule has 0 radical (unpaired) electrons. The number of carbonyl (C=O) groups excluding carboxylic acids is 1. The summed E-state index contributed by atoms with van der Waals surface area (Å²) >= 11 is 0. The van der Waals surface area contributed by atoms with E-state index in [4.69, 9.17) is 4.74 Å². The van der Waals surface area contributed by atoms with Crippen molar-refractivity contribution in [2.45, 2.75) is 40.2 Å². The van der Waals surface area contributed by atoms with E-state index < -0.39 is 0 Å². The second kappa shape index (κ2) is 4.37. The van der Waals surface area contributed by atoms with Crippen molar-refractivity contribution >= 4 is 16.7 Å². The highest BCUT2D eigenvalue weighted by atomic mass is 16.5. The van der Waals surface area contributed by atoms with Crippen molar-refractivity contribution in [3.63, 3.8) is 0 Å². The number of rotatable bonds is 2. The molecule has 2 heterocycles. The molecule has 20 heavy (non-hydrogen) atoms. The molecular weight excluding hydrogens is 250 g/mol. The first-order chi connectivity index (χ1) is 9.43. The molecular formula is C17H21NO2. The van der Waals surface area contributed by atoms with E-state index in [-0.39, 0.29) is 11.2 Å². The fourth-order valence-corrected chi connectivity index (χ4v) is 3.06. The van der Waals surface area contributed by atoms with Crippen LogP contribution in [0.5, 0.6) is 5.75 Å². The zero-order valence-electron chi connectivity index (χ0n) is 12.6. The summed E-state index contributed by atoms with van der Waals surface area (Å²) in [6.07, 6.45) is 2.12. The van der Waals surface area contributed by atoms with Crippen molar-refractivity contribution in [3.05, 3.63) is 29.5 Å². The standard InChI is InChI=1S/C17H21NO2/c1-17(2,3)16(19)15-12-10-11(20-4)7-8-13(12)18-9-5-6-14(15)18/h7-8,10H,5-6,9H2,1-4H3. The van der Waals surface area contributed by atoms with Gasteiger partial charge in [-0.3, -0.25) is 4.79 Å². The maximum atomic E-state index is 12.8.